The van der Waals surface area contributed by atoms with Gasteiger partial charge in [0, 0.05) is 3.92 Å². The van der Waals surface area contributed by atoms with E-state index in [-0.39, 0.29) is 6.10 Å². The van der Waals surface area contributed by atoms with E-state index in [0.29, 0.717) is 3.92 Å². The van der Waals surface area contributed by atoms with Crippen molar-refractivity contribution in [3.8, 4) is 0 Å². The molecule has 0 aliphatic rings. The molecule has 1 nitrogen and oxygen atoms in total. The third-order valence-corrected chi connectivity index (χ3v) is 1.71. The van der Waals surface area contributed by atoms with Crippen LogP contribution in [0.1, 0.15) is 13.8 Å². The molecule has 1 N–H and O–H groups in total. The van der Waals surface area contributed by atoms with Gasteiger partial charge in [-0.05, 0) is 6.92 Å². The van der Waals surface area contributed by atoms with Gasteiger partial charge in [0.1, 0.15) is 0 Å². The van der Waals surface area contributed by atoms with Crippen LogP contribution in [0.2, 0.25) is 0 Å². The van der Waals surface area contributed by atoms with E-state index >= 15 is 0 Å². The van der Waals surface area contributed by atoms with Crippen LogP contribution in [0.25, 0.3) is 0 Å². The van der Waals surface area contributed by atoms with E-state index in [1.807, 2.05) is 6.92 Å². The maximum Gasteiger partial charge on any atom is 0.0626 e. The van der Waals surface area contributed by atoms with Gasteiger partial charge in [-0.3, -0.25) is 0 Å². The van der Waals surface area contributed by atoms with Crippen molar-refractivity contribution >= 4 is 22.6 Å². The molecule has 0 saturated heterocycles. The molecule has 0 aromatic carbocycles. The van der Waals surface area contributed by atoms with E-state index in [1.54, 1.807) is 6.92 Å². The topological polar surface area (TPSA) is 20.2 Å². The largest absolute Gasteiger partial charge is 0.392 e. The Labute approximate surface area is 51.9 Å². The van der Waals surface area contributed by atoms with Gasteiger partial charge in [-0.1, -0.05) is 29.5 Å². The number of aliphatic hydroxyl groups is 1. The van der Waals surface area contributed by atoms with E-state index in [1.165, 1.54) is 0 Å². The van der Waals surface area contributed by atoms with Crippen molar-refractivity contribution in [3.63, 3.8) is 0 Å². The highest BCUT2D eigenvalue weighted by molar-refractivity contribution is 14.1. The molecule has 0 amide bonds. The second kappa shape index (κ2) is 2.80. The molecule has 2 atom stereocenters. The van der Waals surface area contributed by atoms with Crippen LogP contribution in [-0.4, -0.2) is 15.1 Å². The van der Waals surface area contributed by atoms with Crippen LogP contribution in [0.15, 0.2) is 0 Å². The van der Waals surface area contributed by atoms with Gasteiger partial charge in [-0.15, -0.1) is 0 Å². The van der Waals surface area contributed by atoms with Crippen LogP contribution >= 0.6 is 22.6 Å². The molecule has 38 valence electrons. The summed E-state index contributed by atoms with van der Waals surface area (Å²) in [5.74, 6) is 0. The number of rotatable bonds is 1. The van der Waals surface area contributed by atoms with Gasteiger partial charge in [0.2, 0.25) is 0 Å². The average Bonchev–Trinajstić information content (AvgIpc) is 1.36. The predicted molar refractivity (Wildman–Crippen MR) is 35.2 cm³/mol. The summed E-state index contributed by atoms with van der Waals surface area (Å²) in [4.78, 5) is 0. The highest BCUT2D eigenvalue weighted by atomic mass is 127. The lowest BCUT2D eigenvalue weighted by Crippen LogP contribution is -2.10. The van der Waals surface area contributed by atoms with Crippen molar-refractivity contribution in [2.45, 2.75) is 23.9 Å². The summed E-state index contributed by atoms with van der Waals surface area (Å²) in [7, 11) is 0. The van der Waals surface area contributed by atoms with Gasteiger partial charge in [-0.2, -0.15) is 0 Å². The van der Waals surface area contributed by atoms with Crippen LogP contribution in [0.3, 0.4) is 0 Å². The highest BCUT2D eigenvalue weighted by Crippen LogP contribution is 2.02. The number of halogens is 1. The minimum Gasteiger partial charge on any atom is -0.392 e. The molecule has 0 rings (SSSR count). The minimum atomic E-state index is -0.161. The zero-order valence-corrected chi connectivity index (χ0v) is 6.14. The van der Waals surface area contributed by atoms with Crippen LogP contribution in [0.4, 0.5) is 0 Å². The normalized spacial score (nSPS) is 20.0. The molecule has 0 bridgehead atoms. The second-order valence-corrected chi connectivity index (χ2v) is 3.38. The lowest BCUT2D eigenvalue weighted by atomic mass is 10.3. The quantitative estimate of drug-likeness (QED) is 0.497. The SMILES string of the molecule is CC(O)C(C)I. The van der Waals surface area contributed by atoms with E-state index in [2.05, 4.69) is 22.6 Å². The molecule has 0 aromatic heterocycles. The number of hydrogen-bond donors (Lipinski definition) is 1. The molecule has 6 heavy (non-hydrogen) atoms. The Hall–Kier alpha value is 0.690. The van der Waals surface area contributed by atoms with Crippen molar-refractivity contribution in [1.29, 1.82) is 0 Å². The Morgan fingerprint density at radius 1 is 1.50 bits per heavy atom. The van der Waals surface area contributed by atoms with E-state index < -0.39 is 0 Å². The summed E-state index contributed by atoms with van der Waals surface area (Å²) in [6.45, 7) is 3.77. The van der Waals surface area contributed by atoms with Crippen molar-refractivity contribution < 1.29 is 5.11 Å². The van der Waals surface area contributed by atoms with Crippen molar-refractivity contribution in [3.05, 3.63) is 0 Å². The number of aliphatic hydroxyl groups excluding tert-OH is 1. The van der Waals surface area contributed by atoms with Crippen molar-refractivity contribution in [2.75, 3.05) is 0 Å². The Bertz CT molecular complexity index is 28.5. The first-order valence-corrected chi connectivity index (χ1v) is 3.21. The standard InChI is InChI=1S/C4H9IO/c1-3(5)4(2)6/h3-4,6H,1-2H3. The Kier molecular flexibility index (Phi) is 3.12. The van der Waals surface area contributed by atoms with Gasteiger partial charge < -0.3 is 5.11 Å². The Morgan fingerprint density at radius 2 is 1.67 bits per heavy atom. The average molecular weight is 200 g/mol. The van der Waals surface area contributed by atoms with E-state index in [0.717, 1.165) is 0 Å². The molecule has 0 radical (unpaired) electrons. The summed E-state index contributed by atoms with van der Waals surface area (Å²) in [6.07, 6.45) is -0.161. The summed E-state index contributed by atoms with van der Waals surface area (Å²) < 4.78 is 0.377. The first-order chi connectivity index (χ1) is 2.64. The molecule has 0 saturated carbocycles. The summed E-state index contributed by atoms with van der Waals surface area (Å²) >= 11 is 2.18. The van der Waals surface area contributed by atoms with Gasteiger partial charge in [0.05, 0.1) is 6.10 Å². The van der Waals surface area contributed by atoms with Gasteiger partial charge in [0.25, 0.3) is 0 Å². The second-order valence-electron chi connectivity index (χ2n) is 1.42. The maximum atomic E-state index is 8.62. The molecular formula is C4H9IO. The lowest BCUT2D eigenvalue weighted by molar-refractivity contribution is 0.201. The third-order valence-electron chi connectivity index (χ3n) is 0.665. The van der Waals surface area contributed by atoms with Gasteiger partial charge >= 0.3 is 0 Å². The molecule has 0 aliphatic carbocycles. The molecule has 0 fully saturated rings. The van der Waals surface area contributed by atoms with E-state index in [4.69, 9.17) is 5.11 Å². The van der Waals surface area contributed by atoms with Crippen molar-refractivity contribution in [2.24, 2.45) is 0 Å². The number of alkyl halides is 1. The minimum absolute atomic E-state index is 0.161. The monoisotopic (exact) mass is 200 g/mol. The van der Waals surface area contributed by atoms with Crippen LogP contribution in [0, 0.1) is 0 Å². The maximum absolute atomic E-state index is 8.62. The predicted octanol–water partition coefficient (Wildman–Crippen LogP) is 1.19. The molecule has 2 heteroatoms. The fourth-order valence-electron chi connectivity index (χ4n) is 0. The number of hydrogen-bond acceptors (Lipinski definition) is 1. The van der Waals surface area contributed by atoms with Crippen molar-refractivity contribution in [1.82, 2.24) is 0 Å². The van der Waals surface area contributed by atoms with Crippen LogP contribution < -0.4 is 0 Å². The summed E-state index contributed by atoms with van der Waals surface area (Å²) in [5.41, 5.74) is 0. The highest BCUT2D eigenvalue weighted by Gasteiger charge is 1.99. The zero-order chi connectivity index (χ0) is 5.15. The van der Waals surface area contributed by atoms with Gasteiger partial charge in [0.15, 0.2) is 0 Å². The molecule has 0 heterocycles. The summed E-state index contributed by atoms with van der Waals surface area (Å²) in [5, 5.41) is 8.62. The fourth-order valence-corrected chi connectivity index (χ4v) is 0. The first-order valence-electron chi connectivity index (χ1n) is 1.96. The van der Waals surface area contributed by atoms with E-state index in [9.17, 15) is 0 Å². The smallest absolute Gasteiger partial charge is 0.0626 e. The Morgan fingerprint density at radius 3 is 1.67 bits per heavy atom. The van der Waals surface area contributed by atoms with Crippen LogP contribution in [-0.2, 0) is 0 Å². The third kappa shape index (κ3) is 2.90. The van der Waals surface area contributed by atoms with Crippen LogP contribution in [0.5, 0.6) is 0 Å². The zero-order valence-electron chi connectivity index (χ0n) is 3.98. The molecular weight excluding hydrogens is 191 g/mol. The first kappa shape index (κ1) is 6.69. The van der Waals surface area contributed by atoms with Gasteiger partial charge in [-0.25, -0.2) is 0 Å². The Balaban J connectivity index is 2.99. The molecule has 0 spiro atoms. The molecule has 2 unspecified atom stereocenters. The fraction of sp³-hybridized carbons (Fsp3) is 1.00. The lowest BCUT2D eigenvalue weighted by Gasteiger charge is -2.02. The molecule has 0 aromatic rings. The summed E-state index contributed by atoms with van der Waals surface area (Å²) in [6, 6.07) is 0. The molecule has 0 aliphatic heterocycles.